The van der Waals surface area contributed by atoms with Gasteiger partial charge in [-0.15, -0.1) is 0 Å². The normalized spacial score (nSPS) is 11.9. The van der Waals surface area contributed by atoms with Crippen molar-refractivity contribution < 1.29 is 4.79 Å². The zero-order valence-electron chi connectivity index (χ0n) is 9.79. The maximum Gasteiger partial charge on any atom is 0.319 e. The molecule has 0 saturated carbocycles. The standard InChI is InChI=1S/C12H19N3O/c1-3-10(8-13)14-12(16)15-11-6-4-9(2)5-7-11/h4-7,10H,3,8,13H2,1-2H3,(H2,14,15,16). The Hall–Kier alpha value is -1.55. The molecule has 0 fully saturated rings. The summed E-state index contributed by atoms with van der Waals surface area (Å²) in [4.78, 5) is 11.5. The molecule has 0 aliphatic heterocycles. The van der Waals surface area contributed by atoms with Crippen LogP contribution in [0.2, 0.25) is 0 Å². The summed E-state index contributed by atoms with van der Waals surface area (Å²) in [5.41, 5.74) is 7.46. The van der Waals surface area contributed by atoms with E-state index in [1.165, 1.54) is 5.56 Å². The number of anilines is 1. The van der Waals surface area contributed by atoms with E-state index in [1.54, 1.807) is 0 Å². The van der Waals surface area contributed by atoms with Gasteiger partial charge in [0.1, 0.15) is 0 Å². The molecule has 0 heterocycles. The predicted octanol–water partition coefficient (Wildman–Crippen LogP) is 1.85. The van der Waals surface area contributed by atoms with Crippen LogP contribution in [0.5, 0.6) is 0 Å². The van der Waals surface area contributed by atoms with E-state index in [0.717, 1.165) is 12.1 Å². The van der Waals surface area contributed by atoms with Crippen LogP contribution >= 0.6 is 0 Å². The minimum Gasteiger partial charge on any atom is -0.334 e. The molecule has 1 unspecified atom stereocenters. The van der Waals surface area contributed by atoms with Gasteiger partial charge in [0, 0.05) is 18.3 Å². The topological polar surface area (TPSA) is 67.1 Å². The van der Waals surface area contributed by atoms with Crippen molar-refractivity contribution in [2.75, 3.05) is 11.9 Å². The van der Waals surface area contributed by atoms with Crippen LogP contribution in [-0.4, -0.2) is 18.6 Å². The van der Waals surface area contributed by atoms with Crippen molar-refractivity contribution in [1.29, 1.82) is 0 Å². The molecule has 2 amide bonds. The largest absolute Gasteiger partial charge is 0.334 e. The number of hydrogen-bond acceptors (Lipinski definition) is 2. The van der Waals surface area contributed by atoms with Gasteiger partial charge in [0.15, 0.2) is 0 Å². The van der Waals surface area contributed by atoms with E-state index in [0.29, 0.717) is 6.54 Å². The Morgan fingerprint density at radius 3 is 2.50 bits per heavy atom. The molecule has 88 valence electrons. The first-order chi connectivity index (χ1) is 7.65. The summed E-state index contributed by atoms with van der Waals surface area (Å²) in [5.74, 6) is 0. The number of urea groups is 1. The van der Waals surface area contributed by atoms with E-state index in [1.807, 2.05) is 38.1 Å². The monoisotopic (exact) mass is 221 g/mol. The fourth-order valence-electron chi connectivity index (χ4n) is 1.32. The number of carbonyl (C=O) groups is 1. The van der Waals surface area contributed by atoms with Crippen molar-refractivity contribution in [2.24, 2.45) is 5.73 Å². The Morgan fingerprint density at radius 1 is 1.38 bits per heavy atom. The first-order valence-electron chi connectivity index (χ1n) is 5.50. The van der Waals surface area contributed by atoms with Crippen LogP contribution in [0.25, 0.3) is 0 Å². The van der Waals surface area contributed by atoms with E-state index < -0.39 is 0 Å². The maximum atomic E-state index is 11.5. The van der Waals surface area contributed by atoms with E-state index in [4.69, 9.17) is 5.73 Å². The van der Waals surface area contributed by atoms with Gasteiger partial charge in [0.25, 0.3) is 0 Å². The second kappa shape index (κ2) is 6.12. The quantitative estimate of drug-likeness (QED) is 0.726. The van der Waals surface area contributed by atoms with Gasteiger partial charge < -0.3 is 16.4 Å². The Bertz CT molecular complexity index is 331. The van der Waals surface area contributed by atoms with Crippen LogP contribution in [-0.2, 0) is 0 Å². The molecule has 1 atom stereocenters. The van der Waals surface area contributed by atoms with Crippen LogP contribution in [0.15, 0.2) is 24.3 Å². The van der Waals surface area contributed by atoms with Crippen molar-refractivity contribution in [3.63, 3.8) is 0 Å². The lowest BCUT2D eigenvalue weighted by molar-refractivity contribution is 0.248. The lowest BCUT2D eigenvalue weighted by Gasteiger charge is -2.15. The van der Waals surface area contributed by atoms with Gasteiger partial charge in [-0.3, -0.25) is 0 Å². The smallest absolute Gasteiger partial charge is 0.319 e. The highest BCUT2D eigenvalue weighted by molar-refractivity contribution is 5.89. The van der Waals surface area contributed by atoms with Crippen LogP contribution < -0.4 is 16.4 Å². The van der Waals surface area contributed by atoms with Gasteiger partial charge in [-0.2, -0.15) is 0 Å². The predicted molar refractivity (Wildman–Crippen MR) is 66.5 cm³/mol. The van der Waals surface area contributed by atoms with Gasteiger partial charge in [-0.05, 0) is 25.5 Å². The first kappa shape index (κ1) is 12.5. The molecular formula is C12H19N3O. The summed E-state index contributed by atoms with van der Waals surface area (Å²) in [6, 6.07) is 7.48. The zero-order valence-corrected chi connectivity index (χ0v) is 9.79. The molecule has 1 rings (SSSR count). The van der Waals surface area contributed by atoms with Gasteiger partial charge in [0.05, 0.1) is 0 Å². The highest BCUT2D eigenvalue weighted by Gasteiger charge is 2.07. The van der Waals surface area contributed by atoms with Gasteiger partial charge in [-0.25, -0.2) is 4.79 Å². The van der Waals surface area contributed by atoms with Gasteiger partial charge in [0.2, 0.25) is 0 Å². The van der Waals surface area contributed by atoms with Gasteiger partial charge in [-0.1, -0.05) is 24.6 Å². The van der Waals surface area contributed by atoms with Crippen molar-refractivity contribution in [3.8, 4) is 0 Å². The summed E-state index contributed by atoms with van der Waals surface area (Å²) in [5, 5.41) is 5.57. The molecule has 0 radical (unpaired) electrons. The fourth-order valence-corrected chi connectivity index (χ4v) is 1.32. The number of benzene rings is 1. The lowest BCUT2D eigenvalue weighted by atomic mass is 10.2. The third-order valence-electron chi connectivity index (χ3n) is 2.42. The molecular weight excluding hydrogens is 202 g/mol. The summed E-state index contributed by atoms with van der Waals surface area (Å²) < 4.78 is 0. The summed E-state index contributed by atoms with van der Waals surface area (Å²) in [6.07, 6.45) is 0.831. The molecule has 0 aliphatic rings. The molecule has 0 spiro atoms. The molecule has 0 saturated heterocycles. The zero-order chi connectivity index (χ0) is 12.0. The Morgan fingerprint density at radius 2 is 2.00 bits per heavy atom. The Labute approximate surface area is 96.2 Å². The number of amides is 2. The molecule has 4 N–H and O–H groups in total. The van der Waals surface area contributed by atoms with Crippen molar-refractivity contribution in [1.82, 2.24) is 5.32 Å². The Kier molecular flexibility index (Phi) is 4.79. The molecule has 1 aromatic carbocycles. The van der Waals surface area contributed by atoms with Crippen LogP contribution in [0, 0.1) is 6.92 Å². The third-order valence-corrected chi connectivity index (χ3v) is 2.42. The molecule has 0 aliphatic carbocycles. The van der Waals surface area contributed by atoms with Crippen molar-refractivity contribution in [2.45, 2.75) is 26.3 Å². The van der Waals surface area contributed by atoms with Crippen LogP contribution in [0.4, 0.5) is 10.5 Å². The van der Waals surface area contributed by atoms with Crippen LogP contribution in [0.1, 0.15) is 18.9 Å². The number of aryl methyl sites for hydroxylation is 1. The van der Waals surface area contributed by atoms with E-state index in [2.05, 4.69) is 10.6 Å². The summed E-state index contributed by atoms with van der Waals surface area (Å²) in [7, 11) is 0. The molecule has 0 aromatic heterocycles. The average molecular weight is 221 g/mol. The average Bonchev–Trinajstić information content (AvgIpc) is 2.29. The number of nitrogens with two attached hydrogens (primary N) is 1. The maximum absolute atomic E-state index is 11.5. The number of nitrogens with one attached hydrogen (secondary N) is 2. The second-order valence-corrected chi connectivity index (χ2v) is 3.81. The van der Waals surface area contributed by atoms with Crippen molar-refractivity contribution in [3.05, 3.63) is 29.8 Å². The van der Waals surface area contributed by atoms with E-state index >= 15 is 0 Å². The number of carbonyl (C=O) groups excluding carboxylic acids is 1. The number of rotatable bonds is 4. The molecule has 4 heteroatoms. The molecule has 16 heavy (non-hydrogen) atoms. The van der Waals surface area contributed by atoms with E-state index in [-0.39, 0.29) is 12.1 Å². The first-order valence-corrected chi connectivity index (χ1v) is 5.50. The number of hydrogen-bond donors (Lipinski definition) is 3. The highest BCUT2D eigenvalue weighted by atomic mass is 16.2. The minimum atomic E-state index is -0.207. The molecule has 0 bridgehead atoms. The summed E-state index contributed by atoms with van der Waals surface area (Å²) in [6.45, 7) is 4.45. The highest BCUT2D eigenvalue weighted by Crippen LogP contribution is 2.08. The SMILES string of the molecule is CCC(CN)NC(=O)Nc1ccc(C)cc1. The summed E-state index contributed by atoms with van der Waals surface area (Å²) >= 11 is 0. The third kappa shape index (κ3) is 3.90. The van der Waals surface area contributed by atoms with Crippen molar-refractivity contribution >= 4 is 11.7 Å². The second-order valence-electron chi connectivity index (χ2n) is 3.81. The minimum absolute atomic E-state index is 0.0328. The lowest BCUT2D eigenvalue weighted by Crippen LogP contribution is -2.41. The van der Waals surface area contributed by atoms with Crippen LogP contribution in [0.3, 0.4) is 0 Å². The van der Waals surface area contributed by atoms with E-state index in [9.17, 15) is 4.79 Å². The molecule has 4 nitrogen and oxygen atoms in total. The fraction of sp³-hybridized carbons (Fsp3) is 0.417. The Balaban J connectivity index is 2.48. The molecule has 1 aromatic rings. The van der Waals surface area contributed by atoms with Gasteiger partial charge >= 0.3 is 6.03 Å².